The van der Waals surface area contributed by atoms with E-state index >= 15 is 0 Å². The van der Waals surface area contributed by atoms with Gasteiger partial charge in [0.15, 0.2) is 0 Å². The molecule has 2 aliphatic rings. The molecule has 2 aliphatic heterocycles. The van der Waals surface area contributed by atoms with Gasteiger partial charge in [0.1, 0.15) is 0 Å². The summed E-state index contributed by atoms with van der Waals surface area (Å²) >= 11 is 0. The Morgan fingerprint density at radius 1 is 1.00 bits per heavy atom. The van der Waals surface area contributed by atoms with Gasteiger partial charge in [-0.3, -0.25) is 19.8 Å². The van der Waals surface area contributed by atoms with Crippen LogP contribution in [-0.2, 0) is 4.79 Å². The monoisotopic (exact) mass is 371 g/mol. The molecular weight excluding hydrogens is 338 g/mol. The van der Waals surface area contributed by atoms with Crippen molar-refractivity contribution in [3.05, 3.63) is 29.8 Å². The van der Waals surface area contributed by atoms with Crippen LogP contribution in [0.15, 0.2) is 24.3 Å². The number of amides is 2. The molecule has 2 saturated heterocycles. The second-order valence-corrected chi connectivity index (χ2v) is 9.12. The van der Waals surface area contributed by atoms with E-state index in [2.05, 4.69) is 35.9 Å². The average molecular weight is 372 g/mol. The fraction of sp³-hybridized carbons (Fsp3) is 0.636. The Kier molecular flexibility index (Phi) is 5.89. The van der Waals surface area contributed by atoms with Crippen LogP contribution in [0.2, 0.25) is 0 Å². The number of nitrogens with zero attached hydrogens (tertiary/aromatic N) is 2. The Morgan fingerprint density at radius 2 is 1.63 bits per heavy atom. The van der Waals surface area contributed by atoms with E-state index in [0.717, 1.165) is 24.7 Å². The van der Waals surface area contributed by atoms with Gasteiger partial charge in [-0.25, -0.2) is 0 Å². The fourth-order valence-electron chi connectivity index (χ4n) is 4.37. The second kappa shape index (κ2) is 8.01. The zero-order valence-electron chi connectivity index (χ0n) is 17.1. The number of carbonyl (C=O) groups is 2. The van der Waals surface area contributed by atoms with E-state index in [4.69, 9.17) is 0 Å². The summed E-state index contributed by atoms with van der Waals surface area (Å²) in [6.45, 7) is 13.0. The van der Waals surface area contributed by atoms with Crippen molar-refractivity contribution in [1.29, 1.82) is 0 Å². The zero-order valence-corrected chi connectivity index (χ0v) is 17.1. The van der Waals surface area contributed by atoms with Crippen LogP contribution in [-0.4, -0.2) is 48.9 Å². The molecule has 0 bridgehead atoms. The summed E-state index contributed by atoms with van der Waals surface area (Å²) in [7, 11) is 0. The number of benzene rings is 1. The molecule has 5 nitrogen and oxygen atoms in total. The Bertz CT molecular complexity index is 670. The summed E-state index contributed by atoms with van der Waals surface area (Å²) in [6.07, 6.45) is 3.72. The number of hydrogen-bond acceptors (Lipinski definition) is 4. The summed E-state index contributed by atoms with van der Waals surface area (Å²) in [4.78, 5) is 28.0. The summed E-state index contributed by atoms with van der Waals surface area (Å²) in [6, 6.07) is 8.28. The van der Waals surface area contributed by atoms with Crippen molar-refractivity contribution < 1.29 is 9.59 Å². The quantitative estimate of drug-likeness (QED) is 0.886. The molecule has 1 unspecified atom stereocenters. The zero-order chi connectivity index (χ0) is 19.6. The first-order valence-electron chi connectivity index (χ1n) is 10.1. The Hall–Kier alpha value is -1.88. The van der Waals surface area contributed by atoms with Crippen LogP contribution in [0, 0.1) is 11.3 Å². The van der Waals surface area contributed by atoms with Gasteiger partial charge in [0.25, 0.3) is 5.91 Å². The van der Waals surface area contributed by atoms with Gasteiger partial charge in [0.05, 0.1) is 0 Å². The molecule has 2 fully saturated rings. The van der Waals surface area contributed by atoms with Crippen molar-refractivity contribution in [2.45, 2.75) is 53.0 Å². The largest absolute Gasteiger partial charge is 0.371 e. The molecule has 1 aromatic rings. The number of likely N-dealkylation sites (tertiary alicyclic amines) is 1. The van der Waals surface area contributed by atoms with Crippen LogP contribution < -0.4 is 10.2 Å². The Balaban J connectivity index is 1.52. The van der Waals surface area contributed by atoms with Crippen molar-refractivity contribution in [2.24, 2.45) is 11.3 Å². The normalized spacial score (nSPS) is 22.1. The minimum absolute atomic E-state index is 0.332. The van der Waals surface area contributed by atoms with Crippen LogP contribution in [0.4, 0.5) is 5.69 Å². The number of carbonyl (C=O) groups excluding carboxylic acids is 2. The van der Waals surface area contributed by atoms with Crippen molar-refractivity contribution >= 4 is 17.5 Å². The molecule has 2 amide bonds. The van der Waals surface area contributed by atoms with Crippen LogP contribution >= 0.6 is 0 Å². The maximum atomic E-state index is 11.9. The molecule has 2 heterocycles. The molecule has 0 aliphatic carbocycles. The molecule has 148 valence electrons. The molecule has 5 heteroatoms. The van der Waals surface area contributed by atoms with E-state index in [1.807, 2.05) is 12.1 Å². The van der Waals surface area contributed by atoms with E-state index in [-0.39, 0.29) is 11.8 Å². The lowest BCUT2D eigenvalue weighted by molar-refractivity contribution is -0.118. The molecule has 0 radical (unpaired) electrons. The van der Waals surface area contributed by atoms with Crippen molar-refractivity contribution in [3.63, 3.8) is 0 Å². The number of anilines is 1. The Labute approximate surface area is 163 Å². The third-order valence-electron chi connectivity index (χ3n) is 6.21. The standard InChI is InChI=1S/C22H33N3O2/c1-16(26)23-21(27)17-5-7-19(8-6-17)24-13-10-20(11-14-24)25-12-9-18(15-25)22(2,3)4/h5-8,18,20H,9-15H2,1-4H3,(H,23,26,27). The maximum absolute atomic E-state index is 11.9. The van der Waals surface area contributed by atoms with E-state index in [1.54, 1.807) is 12.1 Å². The first-order chi connectivity index (χ1) is 12.7. The molecule has 0 spiro atoms. The molecule has 3 rings (SSSR count). The molecule has 1 aromatic carbocycles. The molecule has 1 N–H and O–H groups in total. The van der Waals surface area contributed by atoms with E-state index in [0.29, 0.717) is 17.0 Å². The fourth-order valence-corrected chi connectivity index (χ4v) is 4.37. The first kappa shape index (κ1) is 19.9. The van der Waals surface area contributed by atoms with Crippen LogP contribution in [0.5, 0.6) is 0 Å². The average Bonchev–Trinajstić information content (AvgIpc) is 3.12. The van der Waals surface area contributed by atoms with Crippen LogP contribution in [0.1, 0.15) is 57.3 Å². The first-order valence-corrected chi connectivity index (χ1v) is 10.1. The minimum Gasteiger partial charge on any atom is -0.371 e. The SMILES string of the molecule is CC(=O)NC(=O)c1ccc(N2CCC(N3CCC(C(C)(C)C)C3)CC2)cc1. The highest BCUT2D eigenvalue weighted by atomic mass is 16.2. The molecule has 1 atom stereocenters. The van der Waals surface area contributed by atoms with Crippen LogP contribution in [0.3, 0.4) is 0 Å². The van der Waals surface area contributed by atoms with Gasteiger partial charge in [-0.05, 0) is 61.4 Å². The van der Waals surface area contributed by atoms with Crippen molar-refractivity contribution in [3.8, 4) is 0 Å². The lowest BCUT2D eigenvalue weighted by atomic mass is 9.80. The van der Waals surface area contributed by atoms with Gasteiger partial charge in [-0.1, -0.05) is 20.8 Å². The number of rotatable bonds is 3. The third kappa shape index (κ3) is 4.89. The number of hydrogen-bond donors (Lipinski definition) is 1. The summed E-state index contributed by atoms with van der Waals surface area (Å²) in [5.41, 5.74) is 2.09. The molecule has 27 heavy (non-hydrogen) atoms. The maximum Gasteiger partial charge on any atom is 0.257 e. The molecule has 0 saturated carbocycles. The van der Waals surface area contributed by atoms with Gasteiger partial charge in [0.2, 0.25) is 5.91 Å². The van der Waals surface area contributed by atoms with Gasteiger partial charge in [0, 0.05) is 43.9 Å². The predicted molar refractivity (Wildman–Crippen MR) is 109 cm³/mol. The topological polar surface area (TPSA) is 52.7 Å². The van der Waals surface area contributed by atoms with Crippen molar-refractivity contribution in [1.82, 2.24) is 10.2 Å². The summed E-state index contributed by atoms with van der Waals surface area (Å²) in [5, 5.41) is 2.31. The molecular formula is C22H33N3O2. The second-order valence-electron chi connectivity index (χ2n) is 9.12. The smallest absolute Gasteiger partial charge is 0.257 e. The van der Waals surface area contributed by atoms with E-state index in [9.17, 15) is 9.59 Å². The summed E-state index contributed by atoms with van der Waals surface area (Å²) < 4.78 is 0. The minimum atomic E-state index is -0.338. The highest BCUT2D eigenvalue weighted by Crippen LogP contribution is 2.36. The summed E-state index contributed by atoms with van der Waals surface area (Å²) in [5.74, 6) is 0.140. The van der Waals surface area contributed by atoms with Gasteiger partial charge in [-0.2, -0.15) is 0 Å². The lowest BCUT2D eigenvalue weighted by Gasteiger charge is -2.38. The van der Waals surface area contributed by atoms with E-state index in [1.165, 1.54) is 39.3 Å². The Morgan fingerprint density at radius 3 is 2.15 bits per heavy atom. The molecule has 0 aromatic heterocycles. The highest BCUT2D eigenvalue weighted by molar-refractivity contribution is 6.04. The van der Waals surface area contributed by atoms with Crippen LogP contribution in [0.25, 0.3) is 0 Å². The third-order valence-corrected chi connectivity index (χ3v) is 6.21. The highest BCUT2D eigenvalue weighted by Gasteiger charge is 2.35. The number of imide groups is 1. The number of piperidine rings is 1. The van der Waals surface area contributed by atoms with Gasteiger partial charge >= 0.3 is 0 Å². The lowest BCUT2D eigenvalue weighted by Crippen LogP contribution is -2.44. The van der Waals surface area contributed by atoms with Crippen molar-refractivity contribution in [2.75, 3.05) is 31.1 Å². The van der Waals surface area contributed by atoms with E-state index < -0.39 is 0 Å². The number of nitrogens with one attached hydrogen (secondary N) is 1. The van der Waals surface area contributed by atoms with Gasteiger partial charge in [-0.15, -0.1) is 0 Å². The van der Waals surface area contributed by atoms with Gasteiger partial charge < -0.3 is 4.90 Å². The predicted octanol–water partition coefficient (Wildman–Crippen LogP) is 3.30.